The third-order valence-corrected chi connectivity index (χ3v) is 5.08. The molecule has 0 unspecified atom stereocenters. The van der Waals surface area contributed by atoms with E-state index in [9.17, 15) is 9.59 Å². The van der Waals surface area contributed by atoms with Crippen LogP contribution in [0.5, 0.6) is 0 Å². The van der Waals surface area contributed by atoms with Crippen LogP contribution in [0.15, 0.2) is 18.2 Å². The molecule has 6 heteroatoms. The van der Waals surface area contributed by atoms with E-state index in [0.717, 1.165) is 24.8 Å². The smallest absolute Gasteiger partial charge is 0.243 e. The maximum atomic E-state index is 12.4. The van der Waals surface area contributed by atoms with Crippen LogP contribution in [0.3, 0.4) is 0 Å². The van der Waals surface area contributed by atoms with E-state index in [1.54, 1.807) is 23.1 Å². The molecule has 0 spiro atoms. The van der Waals surface area contributed by atoms with Gasteiger partial charge in [0.1, 0.15) is 6.04 Å². The summed E-state index contributed by atoms with van der Waals surface area (Å²) in [4.78, 5) is 26.2. The lowest BCUT2D eigenvalue weighted by molar-refractivity contribution is -0.139. The summed E-state index contributed by atoms with van der Waals surface area (Å²) in [7, 11) is 0. The van der Waals surface area contributed by atoms with E-state index in [1.165, 1.54) is 0 Å². The van der Waals surface area contributed by atoms with Crippen molar-refractivity contribution in [2.24, 2.45) is 0 Å². The molecule has 0 aromatic heterocycles. The standard InChI is InChI=1S/C16H18Cl2N2O2/c17-11-5-4-10(13(18)8-11)9-19-16(22)14-6-7-15(21)20(14)12-2-1-3-12/h4-5,8,12,14H,1-3,6-7,9H2,(H,19,22)/t14-/m0/s1. The first-order valence-corrected chi connectivity index (χ1v) is 8.34. The number of rotatable bonds is 4. The molecule has 3 rings (SSSR count). The van der Waals surface area contributed by atoms with Crippen LogP contribution in [0.25, 0.3) is 0 Å². The molecule has 2 fully saturated rings. The van der Waals surface area contributed by atoms with Crippen molar-refractivity contribution in [2.75, 3.05) is 0 Å². The van der Waals surface area contributed by atoms with Gasteiger partial charge in [-0.25, -0.2) is 0 Å². The Hall–Kier alpha value is -1.26. The lowest BCUT2D eigenvalue weighted by Gasteiger charge is -2.38. The Kier molecular flexibility index (Phi) is 4.59. The normalized spacial score (nSPS) is 21.8. The van der Waals surface area contributed by atoms with Crippen LogP contribution in [0, 0.1) is 0 Å². The molecule has 0 bridgehead atoms. The summed E-state index contributed by atoms with van der Waals surface area (Å²) in [6, 6.07) is 5.13. The quantitative estimate of drug-likeness (QED) is 0.915. The molecule has 1 atom stereocenters. The molecule has 1 N–H and O–H groups in total. The molecule has 4 nitrogen and oxygen atoms in total. The van der Waals surface area contributed by atoms with Crippen molar-refractivity contribution in [1.82, 2.24) is 10.2 Å². The maximum absolute atomic E-state index is 12.4. The van der Waals surface area contributed by atoms with Crippen LogP contribution in [0.2, 0.25) is 10.0 Å². The van der Waals surface area contributed by atoms with E-state index in [4.69, 9.17) is 23.2 Å². The predicted molar refractivity (Wildman–Crippen MR) is 85.8 cm³/mol. The highest BCUT2D eigenvalue weighted by Gasteiger charge is 2.41. The number of likely N-dealkylation sites (tertiary alicyclic amines) is 1. The Morgan fingerprint density at radius 3 is 2.68 bits per heavy atom. The molecule has 2 amide bonds. The second-order valence-electron chi connectivity index (χ2n) is 5.89. The zero-order valence-corrected chi connectivity index (χ0v) is 13.7. The summed E-state index contributed by atoms with van der Waals surface area (Å²) < 4.78 is 0. The van der Waals surface area contributed by atoms with Crippen molar-refractivity contribution in [3.8, 4) is 0 Å². The van der Waals surface area contributed by atoms with E-state index >= 15 is 0 Å². The molecule has 1 heterocycles. The average Bonchev–Trinajstić information content (AvgIpc) is 2.78. The Balaban J connectivity index is 1.62. The second kappa shape index (κ2) is 6.47. The number of carbonyl (C=O) groups is 2. The van der Waals surface area contributed by atoms with Gasteiger partial charge in [-0.05, 0) is 43.4 Å². The fourth-order valence-corrected chi connectivity index (χ4v) is 3.52. The first-order chi connectivity index (χ1) is 10.6. The lowest BCUT2D eigenvalue weighted by Crippen LogP contribution is -2.51. The van der Waals surface area contributed by atoms with Crippen LogP contribution in [-0.4, -0.2) is 28.8 Å². The third-order valence-electron chi connectivity index (χ3n) is 4.49. The Labute approximate surface area is 139 Å². The molecule has 118 valence electrons. The van der Waals surface area contributed by atoms with Crippen molar-refractivity contribution in [3.63, 3.8) is 0 Å². The highest BCUT2D eigenvalue weighted by Crippen LogP contribution is 2.32. The Bertz CT molecular complexity index is 602. The fraction of sp³-hybridized carbons (Fsp3) is 0.500. The fourth-order valence-electron chi connectivity index (χ4n) is 3.05. The highest BCUT2D eigenvalue weighted by atomic mass is 35.5. The van der Waals surface area contributed by atoms with Crippen LogP contribution in [-0.2, 0) is 16.1 Å². The van der Waals surface area contributed by atoms with E-state index in [2.05, 4.69) is 5.32 Å². The van der Waals surface area contributed by atoms with Gasteiger partial charge < -0.3 is 10.2 Å². The van der Waals surface area contributed by atoms with Crippen LogP contribution >= 0.6 is 23.2 Å². The summed E-state index contributed by atoms with van der Waals surface area (Å²) >= 11 is 12.0. The molecule has 1 aliphatic carbocycles. The SMILES string of the molecule is O=C(NCc1ccc(Cl)cc1Cl)[C@@H]1CCC(=O)N1C1CCC1. The number of amides is 2. The molecule has 1 aliphatic heterocycles. The average molecular weight is 341 g/mol. The minimum Gasteiger partial charge on any atom is -0.350 e. The number of nitrogens with one attached hydrogen (secondary N) is 1. The maximum Gasteiger partial charge on any atom is 0.243 e. The zero-order chi connectivity index (χ0) is 15.7. The molecule has 1 saturated carbocycles. The van der Waals surface area contributed by atoms with Gasteiger partial charge in [0.15, 0.2) is 0 Å². The van der Waals surface area contributed by atoms with Gasteiger partial charge in [-0.15, -0.1) is 0 Å². The van der Waals surface area contributed by atoms with Gasteiger partial charge in [0.25, 0.3) is 0 Å². The van der Waals surface area contributed by atoms with Crippen LogP contribution < -0.4 is 5.32 Å². The van der Waals surface area contributed by atoms with Gasteiger partial charge in [-0.3, -0.25) is 9.59 Å². The van der Waals surface area contributed by atoms with Gasteiger partial charge in [0.05, 0.1) is 0 Å². The number of halogens is 2. The summed E-state index contributed by atoms with van der Waals surface area (Å²) in [5.41, 5.74) is 0.818. The monoisotopic (exact) mass is 340 g/mol. The number of benzene rings is 1. The van der Waals surface area contributed by atoms with Gasteiger partial charge in [0.2, 0.25) is 11.8 Å². The summed E-state index contributed by atoms with van der Waals surface area (Å²) in [6.07, 6.45) is 4.24. The third kappa shape index (κ3) is 3.08. The van der Waals surface area contributed by atoms with Crippen molar-refractivity contribution >= 4 is 35.0 Å². The molecular weight excluding hydrogens is 323 g/mol. The topological polar surface area (TPSA) is 49.4 Å². The molecule has 1 saturated heterocycles. The largest absolute Gasteiger partial charge is 0.350 e. The second-order valence-corrected chi connectivity index (χ2v) is 6.74. The van der Waals surface area contributed by atoms with Crippen molar-refractivity contribution in [1.29, 1.82) is 0 Å². The number of nitrogens with zero attached hydrogens (tertiary/aromatic N) is 1. The first kappa shape index (κ1) is 15.6. The van der Waals surface area contributed by atoms with E-state index in [1.807, 2.05) is 0 Å². The van der Waals surface area contributed by atoms with Gasteiger partial charge in [-0.2, -0.15) is 0 Å². The summed E-state index contributed by atoms with van der Waals surface area (Å²) in [5, 5.41) is 4.00. The first-order valence-electron chi connectivity index (χ1n) is 7.59. The number of hydrogen-bond acceptors (Lipinski definition) is 2. The predicted octanol–water partition coefficient (Wildman–Crippen LogP) is 3.15. The number of hydrogen-bond donors (Lipinski definition) is 1. The minimum absolute atomic E-state index is 0.0937. The summed E-state index contributed by atoms with van der Waals surface area (Å²) in [6.45, 7) is 0.345. The molecule has 22 heavy (non-hydrogen) atoms. The van der Waals surface area contributed by atoms with Crippen LogP contribution in [0.4, 0.5) is 0 Å². The molecule has 1 aromatic rings. The Morgan fingerprint density at radius 1 is 1.27 bits per heavy atom. The van der Waals surface area contributed by atoms with Gasteiger partial charge in [0, 0.05) is 29.1 Å². The van der Waals surface area contributed by atoms with Crippen molar-refractivity contribution in [2.45, 2.75) is 50.7 Å². The summed E-state index contributed by atoms with van der Waals surface area (Å²) in [5.74, 6) is 0.0122. The highest BCUT2D eigenvalue weighted by molar-refractivity contribution is 6.35. The zero-order valence-electron chi connectivity index (χ0n) is 12.1. The number of carbonyl (C=O) groups excluding carboxylic acids is 2. The van der Waals surface area contributed by atoms with E-state index in [-0.39, 0.29) is 23.9 Å². The van der Waals surface area contributed by atoms with Gasteiger partial charge in [-0.1, -0.05) is 29.3 Å². The van der Waals surface area contributed by atoms with Crippen molar-refractivity contribution in [3.05, 3.63) is 33.8 Å². The van der Waals surface area contributed by atoms with Gasteiger partial charge >= 0.3 is 0 Å². The molecule has 0 radical (unpaired) electrons. The Morgan fingerprint density at radius 2 is 2.05 bits per heavy atom. The molecule has 2 aliphatic rings. The lowest BCUT2D eigenvalue weighted by atomic mass is 9.91. The minimum atomic E-state index is -0.330. The van der Waals surface area contributed by atoms with Crippen molar-refractivity contribution < 1.29 is 9.59 Å². The molecule has 1 aromatic carbocycles. The van der Waals surface area contributed by atoms with E-state index in [0.29, 0.717) is 29.4 Å². The van der Waals surface area contributed by atoms with Crippen LogP contribution in [0.1, 0.15) is 37.7 Å². The van der Waals surface area contributed by atoms with E-state index < -0.39 is 0 Å². The molecular formula is C16H18Cl2N2O2.